The molecule has 0 aliphatic heterocycles. The Kier molecular flexibility index (Phi) is 5.54. The van der Waals surface area contributed by atoms with Gasteiger partial charge in [-0.2, -0.15) is 0 Å². The fraction of sp³-hybridized carbons (Fsp3) is 0.238. The number of amides is 2. The molecule has 0 aliphatic rings. The Bertz CT molecular complexity index is 1030. The maximum atomic E-state index is 12.7. The lowest BCUT2D eigenvalue weighted by atomic mass is 10.2. The van der Waals surface area contributed by atoms with Crippen molar-refractivity contribution in [1.29, 1.82) is 0 Å². The summed E-state index contributed by atoms with van der Waals surface area (Å²) < 4.78 is 12.2. The summed E-state index contributed by atoms with van der Waals surface area (Å²) in [7, 11) is 4.97. The van der Waals surface area contributed by atoms with E-state index in [1.54, 1.807) is 56.0 Å². The van der Waals surface area contributed by atoms with Crippen LogP contribution in [0.15, 0.2) is 48.5 Å². The van der Waals surface area contributed by atoms with Crippen molar-refractivity contribution < 1.29 is 19.1 Å². The first-order chi connectivity index (χ1) is 13.4. The third-order valence-corrected chi connectivity index (χ3v) is 4.56. The Balaban J connectivity index is 1.72. The molecule has 0 spiro atoms. The number of aromatic nitrogens is 1. The summed E-state index contributed by atoms with van der Waals surface area (Å²) in [6.07, 6.45) is 0. The van der Waals surface area contributed by atoms with E-state index in [2.05, 4.69) is 10.6 Å². The molecule has 2 amide bonds. The first-order valence-electron chi connectivity index (χ1n) is 8.82. The zero-order valence-corrected chi connectivity index (χ0v) is 16.3. The second-order valence-corrected chi connectivity index (χ2v) is 6.43. The smallest absolute Gasteiger partial charge is 0.268 e. The average molecular weight is 381 g/mol. The van der Waals surface area contributed by atoms with Crippen LogP contribution in [0.3, 0.4) is 0 Å². The highest BCUT2D eigenvalue weighted by Gasteiger charge is 2.20. The minimum Gasteiger partial charge on any atom is -0.497 e. The number of carbonyl (C=O) groups is 2. The number of rotatable bonds is 6. The molecule has 2 aromatic carbocycles. The van der Waals surface area contributed by atoms with Crippen LogP contribution in [0, 0.1) is 0 Å². The van der Waals surface area contributed by atoms with Gasteiger partial charge in [-0.15, -0.1) is 0 Å². The Hall–Kier alpha value is -3.48. The van der Waals surface area contributed by atoms with Gasteiger partial charge in [0.2, 0.25) is 5.91 Å². The third kappa shape index (κ3) is 3.93. The molecule has 1 heterocycles. The molecule has 0 radical (unpaired) electrons. The third-order valence-electron chi connectivity index (χ3n) is 4.56. The van der Waals surface area contributed by atoms with Gasteiger partial charge in [0.05, 0.1) is 14.2 Å². The van der Waals surface area contributed by atoms with E-state index < -0.39 is 6.04 Å². The number of methoxy groups -OCH3 is 2. The number of hydrogen-bond donors (Lipinski definition) is 2. The van der Waals surface area contributed by atoms with E-state index in [0.717, 1.165) is 16.7 Å². The van der Waals surface area contributed by atoms with E-state index in [9.17, 15) is 9.59 Å². The maximum Gasteiger partial charge on any atom is 0.268 e. The standard InChI is InChI=1S/C21H23N3O4/c1-13(20(25)23-15-6-5-7-16(12-15)27-3)22-21(26)19-11-14-10-17(28-4)8-9-18(14)24(19)2/h5-13H,1-4H3,(H,22,26)(H,23,25)/t13-/m0/s1. The van der Waals surface area contributed by atoms with Crippen molar-refractivity contribution in [1.82, 2.24) is 9.88 Å². The summed E-state index contributed by atoms with van der Waals surface area (Å²) in [6.45, 7) is 1.64. The van der Waals surface area contributed by atoms with Gasteiger partial charge in [-0.3, -0.25) is 9.59 Å². The zero-order valence-electron chi connectivity index (χ0n) is 16.3. The van der Waals surface area contributed by atoms with Gasteiger partial charge < -0.3 is 24.7 Å². The van der Waals surface area contributed by atoms with Crippen molar-refractivity contribution in [2.45, 2.75) is 13.0 Å². The van der Waals surface area contributed by atoms with Crippen LogP contribution in [0.4, 0.5) is 5.69 Å². The molecule has 0 saturated carbocycles. The molecule has 1 atom stereocenters. The Morgan fingerprint density at radius 3 is 2.43 bits per heavy atom. The first-order valence-corrected chi connectivity index (χ1v) is 8.82. The Morgan fingerprint density at radius 1 is 1.00 bits per heavy atom. The average Bonchev–Trinajstić information content (AvgIpc) is 3.04. The van der Waals surface area contributed by atoms with Crippen LogP contribution in [0.2, 0.25) is 0 Å². The molecule has 0 fully saturated rings. The number of aryl methyl sites for hydroxylation is 1. The van der Waals surface area contributed by atoms with Crippen LogP contribution < -0.4 is 20.1 Å². The van der Waals surface area contributed by atoms with Crippen molar-refractivity contribution in [3.05, 3.63) is 54.2 Å². The van der Waals surface area contributed by atoms with E-state index in [0.29, 0.717) is 17.1 Å². The highest BCUT2D eigenvalue weighted by molar-refractivity contribution is 6.03. The zero-order chi connectivity index (χ0) is 20.3. The monoisotopic (exact) mass is 381 g/mol. The minimum absolute atomic E-state index is 0.318. The molecular formula is C21H23N3O4. The molecular weight excluding hydrogens is 358 g/mol. The van der Waals surface area contributed by atoms with Crippen molar-refractivity contribution >= 4 is 28.4 Å². The van der Waals surface area contributed by atoms with Gasteiger partial charge >= 0.3 is 0 Å². The lowest BCUT2D eigenvalue weighted by molar-refractivity contribution is -0.117. The Morgan fingerprint density at radius 2 is 1.71 bits per heavy atom. The molecule has 28 heavy (non-hydrogen) atoms. The predicted octanol–water partition coefficient (Wildman–Crippen LogP) is 2.95. The largest absolute Gasteiger partial charge is 0.497 e. The second-order valence-electron chi connectivity index (χ2n) is 6.43. The molecule has 0 unspecified atom stereocenters. The van der Waals surface area contributed by atoms with Gasteiger partial charge in [-0.1, -0.05) is 6.07 Å². The SMILES string of the molecule is COc1cccc(NC(=O)[C@H](C)NC(=O)c2cc3cc(OC)ccc3n2C)c1. The summed E-state index contributed by atoms with van der Waals surface area (Å²) in [4.78, 5) is 25.1. The second kappa shape index (κ2) is 8.04. The van der Waals surface area contributed by atoms with Crippen molar-refractivity contribution in [2.75, 3.05) is 19.5 Å². The topological polar surface area (TPSA) is 81.6 Å². The number of benzene rings is 2. The lowest BCUT2D eigenvalue weighted by Gasteiger charge is -2.15. The molecule has 7 heteroatoms. The van der Waals surface area contributed by atoms with Gasteiger partial charge in [-0.05, 0) is 43.3 Å². The van der Waals surface area contributed by atoms with Crippen LogP contribution in [0.1, 0.15) is 17.4 Å². The molecule has 0 saturated heterocycles. The summed E-state index contributed by atoms with van der Waals surface area (Å²) >= 11 is 0. The van der Waals surface area contributed by atoms with Crippen LogP contribution in [-0.4, -0.2) is 36.6 Å². The van der Waals surface area contributed by atoms with E-state index in [4.69, 9.17) is 9.47 Å². The van der Waals surface area contributed by atoms with Crippen molar-refractivity contribution in [2.24, 2.45) is 7.05 Å². The van der Waals surface area contributed by atoms with Crippen LogP contribution >= 0.6 is 0 Å². The number of anilines is 1. The molecule has 1 aromatic heterocycles. The number of carbonyl (C=O) groups excluding carboxylic acids is 2. The molecule has 7 nitrogen and oxygen atoms in total. The highest BCUT2D eigenvalue weighted by atomic mass is 16.5. The Labute approximate surface area is 163 Å². The van der Waals surface area contributed by atoms with Gasteiger partial charge in [0.1, 0.15) is 23.2 Å². The summed E-state index contributed by atoms with van der Waals surface area (Å²) in [5.74, 6) is 0.713. The maximum absolute atomic E-state index is 12.7. The van der Waals surface area contributed by atoms with Gasteiger partial charge in [-0.25, -0.2) is 0 Å². The van der Waals surface area contributed by atoms with Crippen molar-refractivity contribution in [3.63, 3.8) is 0 Å². The number of nitrogens with zero attached hydrogens (tertiary/aromatic N) is 1. The fourth-order valence-corrected chi connectivity index (χ4v) is 2.96. The molecule has 0 bridgehead atoms. The number of hydrogen-bond acceptors (Lipinski definition) is 4. The van der Waals surface area contributed by atoms with Gasteiger partial charge in [0.15, 0.2) is 0 Å². The minimum atomic E-state index is -0.716. The first kappa shape index (κ1) is 19.3. The fourth-order valence-electron chi connectivity index (χ4n) is 2.96. The summed E-state index contributed by atoms with van der Waals surface area (Å²) in [5, 5.41) is 6.40. The number of nitrogens with one attached hydrogen (secondary N) is 2. The predicted molar refractivity (Wildman–Crippen MR) is 108 cm³/mol. The molecule has 3 rings (SSSR count). The van der Waals surface area contributed by atoms with Crippen LogP contribution in [0.5, 0.6) is 11.5 Å². The molecule has 146 valence electrons. The van der Waals surface area contributed by atoms with E-state index in [1.165, 1.54) is 0 Å². The van der Waals surface area contributed by atoms with Crippen LogP contribution in [0.25, 0.3) is 10.9 Å². The lowest BCUT2D eigenvalue weighted by Crippen LogP contribution is -2.42. The molecule has 2 N–H and O–H groups in total. The number of fused-ring (bicyclic) bond motifs is 1. The van der Waals surface area contributed by atoms with E-state index in [1.807, 2.05) is 25.2 Å². The molecule has 3 aromatic rings. The molecule has 0 aliphatic carbocycles. The van der Waals surface area contributed by atoms with E-state index >= 15 is 0 Å². The highest BCUT2D eigenvalue weighted by Crippen LogP contribution is 2.24. The number of ether oxygens (including phenoxy) is 2. The normalized spacial score (nSPS) is 11.7. The quantitative estimate of drug-likeness (QED) is 0.688. The summed E-state index contributed by atoms with van der Waals surface area (Å²) in [6, 6.07) is 13.7. The van der Waals surface area contributed by atoms with E-state index in [-0.39, 0.29) is 11.8 Å². The summed E-state index contributed by atoms with van der Waals surface area (Å²) in [5.41, 5.74) is 1.96. The van der Waals surface area contributed by atoms with Crippen molar-refractivity contribution in [3.8, 4) is 11.5 Å². The van der Waals surface area contributed by atoms with Gasteiger partial charge in [0, 0.05) is 29.7 Å². The van der Waals surface area contributed by atoms with Gasteiger partial charge in [0.25, 0.3) is 5.91 Å². The van der Waals surface area contributed by atoms with Crippen LogP contribution in [-0.2, 0) is 11.8 Å².